The number of rotatable bonds is 10. The van der Waals surface area contributed by atoms with Crippen LogP contribution in [-0.4, -0.2) is 84.8 Å². The molecule has 31 heavy (non-hydrogen) atoms. The van der Waals surface area contributed by atoms with Gasteiger partial charge in [0, 0.05) is 0 Å². The molecule has 1 aromatic carbocycles. The summed E-state index contributed by atoms with van der Waals surface area (Å²) >= 11 is 0. The van der Waals surface area contributed by atoms with Gasteiger partial charge in [-0.3, -0.25) is 4.79 Å². The van der Waals surface area contributed by atoms with Gasteiger partial charge in [-0.05, 0) is 23.8 Å². The van der Waals surface area contributed by atoms with E-state index in [0.29, 0.717) is 10.4 Å². The minimum atomic E-state index is -1.83. The molecule has 0 aliphatic rings. The lowest BCUT2D eigenvalue weighted by molar-refractivity contribution is -0.0999. The van der Waals surface area contributed by atoms with Crippen molar-refractivity contribution >= 4 is 24.3 Å². The number of nitrogens with two attached hydrogens (primary N) is 1. The number of benzene rings is 1. The van der Waals surface area contributed by atoms with Crippen molar-refractivity contribution in [2.24, 2.45) is 5.10 Å². The number of nitrogens with zero attached hydrogens (tertiary/aromatic N) is 4. The maximum absolute atomic E-state index is 12.3. The summed E-state index contributed by atoms with van der Waals surface area (Å²) in [7, 11) is 1.55. The third-order valence-corrected chi connectivity index (χ3v) is 4.14. The van der Waals surface area contributed by atoms with Crippen LogP contribution >= 0.6 is 0 Å². The molecule has 4 atom stereocenters. The Morgan fingerprint density at radius 1 is 1.16 bits per heavy atom. The Kier molecular flexibility index (Phi) is 8.60. The molecule has 0 spiro atoms. The van der Waals surface area contributed by atoms with Crippen molar-refractivity contribution in [2.45, 2.75) is 24.4 Å². The molecule has 13 heteroatoms. The second kappa shape index (κ2) is 11.1. The van der Waals surface area contributed by atoms with Gasteiger partial charge in [-0.2, -0.15) is 9.78 Å². The lowest BCUT2D eigenvalue weighted by Gasteiger charge is -2.23. The van der Waals surface area contributed by atoms with E-state index in [2.05, 4.69) is 20.7 Å². The zero-order valence-corrected chi connectivity index (χ0v) is 16.5. The average molecular weight is 436 g/mol. The number of nitrogens with one attached hydrogen (secondary N) is 1. The SMILES string of the molecule is COc1ccc(/C=C/c2nnc(N/N=C/[C@@H](O)[C@@H](O)[C@H](O)[C@H](O)CO)n(N)c2=O)cc1. The molecule has 8 N–H and O–H groups in total. The summed E-state index contributed by atoms with van der Waals surface area (Å²) in [6.07, 6.45) is -3.14. The summed E-state index contributed by atoms with van der Waals surface area (Å²) in [5.41, 5.74) is 2.34. The molecule has 2 aromatic rings. The Bertz CT molecular complexity index is 963. The smallest absolute Gasteiger partial charge is 0.299 e. The first kappa shape index (κ1) is 23.9. The summed E-state index contributed by atoms with van der Waals surface area (Å²) in [6.45, 7) is -0.811. The van der Waals surface area contributed by atoms with Crippen molar-refractivity contribution in [3.63, 3.8) is 0 Å². The van der Waals surface area contributed by atoms with Crippen molar-refractivity contribution in [2.75, 3.05) is 25.0 Å². The fourth-order valence-corrected chi connectivity index (χ4v) is 2.28. The fourth-order valence-electron chi connectivity index (χ4n) is 2.28. The van der Waals surface area contributed by atoms with Crippen LogP contribution < -0.4 is 21.6 Å². The molecule has 1 heterocycles. The first-order valence-corrected chi connectivity index (χ1v) is 8.97. The zero-order chi connectivity index (χ0) is 23.0. The number of ether oxygens (including phenoxy) is 1. The Morgan fingerprint density at radius 3 is 2.45 bits per heavy atom. The highest BCUT2D eigenvalue weighted by Crippen LogP contribution is 2.13. The summed E-state index contributed by atoms with van der Waals surface area (Å²) in [6, 6.07) is 7.08. The van der Waals surface area contributed by atoms with Crippen molar-refractivity contribution in [1.82, 2.24) is 14.9 Å². The molecule has 0 radical (unpaired) electrons. The fraction of sp³-hybridized carbons (Fsp3) is 0.333. The first-order valence-electron chi connectivity index (χ1n) is 8.97. The topological polar surface area (TPSA) is 209 Å². The second-order valence-corrected chi connectivity index (χ2v) is 6.30. The molecular weight excluding hydrogens is 412 g/mol. The van der Waals surface area contributed by atoms with Crippen LogP contribution in [0.15, 0.2) is 34.2 Å². The van der Waals surface area contributed by atoms with Gasteiger partial charge in [0.2, 0.25) is 0 Å². The Labute approximate surface area is 176 Å². The number of anilines is 1. The predicted molar refractivity (Wildman–Crippen MR) is 112 cm³/mol. The van der Waals surface area contributed by atoms with E-state index >= 15 is 0 Å². The number of nitrogen functional groups attached to an aromatic ring is 1. The first-order chi connectivity index (χ1) is 14.8. The van der Waals surface area contributed by atoms with E-state index in [-0.39, 0.29) is 11.6 Å². The number of methoxy groups -OCH3 is 1. The number of aliphatic hydroxyl groups excluding tert-OH is 5. The van der Waals surface area contributed by atoms with E-state index in [0.717, 1.165) is 11.8 Å². The van der Waals surface area contributed by atoms with Gasteiger partial charge in [-0.1, -0.05) is 18.2 Å². The Morgan fingerprint density at radius 2 is 1.84 bits per heavy atom. The maximum atomic E-state index is 12.3. The molecule has 0 amide bonds. The molecule has 0 saturated carbocycles. The van der Waals surface area contributed by atoms with Crippen LogP contribution in [0.3, 0.4) is 0 Å². The molecule has 0 saturated heterocycles. The second-order valence-electron chi connectivity index (χ2n) is 6.30. The van der Waals surface area contributed by atoms with E-state index < -0.39 is 36.6 Å². The van der Waals surface area contributed by atoms with Gasteiger partial charge >= 0.3 is 0 Å². The number of aliphatic hydroxyl groups is 5. The molecule has 0 unspecified atom stereocenters. The van der Waals surface area contributed by atoms with Crippen LogP contribution in [0.5, 0.6) is 5.75 Å². The van der Waals surface area contributed by atoms with Crippen molar-refractivity contribution in [1.29, 1.82) is 0 Å². The normalized spacial score (nSPS) is 15.7. The Balaban J connectivity index is 2.05. The minimum Gasteiger partial charge on any atom is -0.497 e. The third-order valence-electron chi connectivity index (χ3n) is 4.14. The van der Waals surface area contributed by atoms with Gasteiger partial charge in [-0.15, -0.1) is 10.2 Å². The maximum Gasteiger partial charge on any atom is 0.299 e. The van der Waals surface area contributed by atoms with Crippen molar-refractivity contribution in [3.05, 3.63) is 45.9 Å². The lowest BCUT2D eigenvalue weighted by atomic mass is 10.0. The van der Waals surface area contributed by atoms with Gasteiger partial charge in [0.15, 0.2) is 5.69 Å². The largest absolute Gasteiger partial charge is 0.497 e. The van der Waals surface area contributed by atoms with E-state index in [1.165, 1.54) is 6.08 Å². The summed E-state index contributed by atoms with van der Waals surface area (Å²) < 4.78 is 5.71. The summed E-state index contributed by atoms with van der Waals surface area (Å²) in [5, 5.41) is 58.0. The number of hydrogen-bond donors (Lipinski definition) is 7. The van der Waals surface area contributed by atoms with Gasteiger partial charge < -0.3 is 36.1 Å². The molecule has 13 nitrogen and oxygen atoms in total. The standard InChI is InChI=1S/C18H24N6O7/c1-31-11-5-2-10(3-6-11)4-7-12-17(30)24(19)18(23-21-12)22-20-8-13(26)15(28)16(29)14(27)9-25/h2-8,13-16,25-29H,9,19H2,1H3,(H,22,23)/b7-4+,20-8+/t13-,14-,15-,16-/m1/s1. The lowest BCUT2D eigenvalue weighted by Crippen LogP contribution is -2.46. The highest BCUT2D eigenvalue weighted by molar-refractivity contribution is 5.68. The molecule has 1 aromatic heterocycles. The molecular formula is C18H24N6O7. The minimum absolute atomic E-state index is 0.0376. The highest BCUT2D eigenvalue weighted by atomic mass is 16.5. The van der Waals surface area contributed by atoms with Crippen LogP contribution in [0.1, 0.15) is 11.3 Å². The van der Waals surface area contributed by atoms with Crippen LogP contribution in [0.25, 0.3) is 12.2 Å². The zero-order valence-electron chi connectivity index (χ0n) is 16.5. The molecule has 2 rings (SSSR count). The van der Waals surface area contributed by atoms with Crippen LogP contribution in [0.2, 0.25) is 0 Å². The summed E-state index contributed by atoms with van der Waals surface area (Å²) in [4.78, 5) is 12.3. The van der Waals surface area contributed by atoms with Crippen molar-refractivity contribution in [3.8, 4) is 5.75 Å². The third kappa shape index (κ3) is 6.31. The number of hydrogen-bond acceptors (Lipinski definition) is 12. The van der Waals surface area contributed by atoms with E-state index in [1.54, 1.807) is 37.5 Å². The van der Waals surface area contributed by atoms with Crippen LogP contribution in [0.4, 0.5) is 5.95 Å². The van der Waals surface area contributed by atoms with E-state index in [4.69, 9.17) is 15.7 Å². The molecule has 0 aliphatic carbocycles. The molecule has 0 aliphatic heterocycles. The highest BCUT2D eigenvalue weighted by Gasteiger charge is 2.29. The molecule has 168 valence electrons. The van der Waals surface area contributed by atoms with Crippen LogP contribution in [0, 0.1) is 0 Å². The summed E-state index contributed by atoms with van der Waals surface area (Å²) in [5.74, 6) is 6.10. The Hall–Kier alpha value is -3.36. The monoisotopic (exact) mass is 436 g/mol. The van der Waals surface area contributed by atoms with Gasteiger partial charge in [0.05, 0.1) is 19.9 Å². The van der Waals surface area contributed by atoms with E-state index in [9.17, 15) is 25.2 Å². The molecule has 0 fully saturated rings. The van der Waals surface area contributed by atoms with Crippen LogP contribution in [-0.2, 0) is 0 Å². The molecule has 0 bridgehead atoms. The number of aromatic nitrogens is 3. The average Bonchev–Trinajstić information content (AvgIpc) is 2.79. The number of hydrazone groups is 1. The predicted octanol–water partition coefficient (Wildman–Crippen LogP) is -2.64. The van der Waals surface area contributed by atoms with E-state index in [1.807, 2.05) is 0 Å². The quantitative estimate of drug-likeness (QED) is 0.116. The van der Waals surface area contributed by atoms with Gasteiger partial charge in [0.1, 0.15) is 30.2 Å². The van der Waals surface area contributed by atoms with Gasteiger partial charge in [0.25, 0.3) is 11.5 Å². The van der Waals surface area contributed by atoms with Crippen molar-refractivity contribution < 1.29 is 30.3 Å². The van der Waals surface area contributed by atoms with Gasteiger partial charge in [-0.25, -0.2) is 5.43 Å².